The Bertz CT molecular complexity index is 1180. The van der Waals surface area contributed by atoms with E-state index in [2.05, 4.69) is 4.98 Å². The molecule has 29 heavy (non-hydrogen) atoms. The van der Waals surface area contributed by atoms with E-state index in [4.69, 9.17) is 14.5 Å². The molecule has 0 bridgehead atoms. The highest BCUT2D eigenvalue weighted by Gasteiger charge is 2.28. The van der Waals surface area contributed by atoms with Crippen molar-refractivity contribution in [2.45, 2.75) is 18.9 Å². The van der Waals surface area contributed by atoms with Gasteiger partial charge in [0.15, 0.2) is 5.13 Å². The summed E-state index contributed by atoms with van der Waals surface area (Å²) in [5.41, 5.74) is 2.36. The topological polar surface area (TPSA) is 67.5 Å². The molecule has 5 rings (SSSR count). The molecule has 1 N–H and O–H groups in total. The van der Waals surface area contributed by atoms with Crippen LogP contribution >= 0.6 is 11.3 Å². The highest BCUT2D eigenvalue weighted by molar-refractivity contribution is 7.22. The molecule has 1 amide bonds. The number of rotatable bonds is 5. The Labute approximate surface area is 172 Å². The number of carbonyl (C=O) groups is 1. The molecule has 4 aromatic rings. The Morgan fingerprint density at radius 3 is 3.03 bits per heavy atom. The van der Waals surface area contributed by atoms with Gasteiger partial charge < -0.3 is 14.5 Å². The molecule has 0 spiro atoms. The van der Waals surface area contributed by atoms with E-state index in [1.807, 2.05) is 42.5 Å². The first-order valence-corrected chi connectivity index (χ1v) is 10.5. The van der Waals surface area contributed by atoms with Gasteiger partial charge in [0.2, 0.25) is 0 Å². The molecule has 148 valence electrons. The number of H-pyrrole nitrogens is 1. The highest BCUT2D eigenvalue weighted by Crippen LogP contribution is 2.35. The molecule has 1 aliphatic heterocycles. The predicted molar refractivity (Wildman–Crippen MR) is 115 cm³/mol. The van der Waals surface area contributed by atoms with Crippen LogP contribution in [0.2, 0.25) is 0 Å². The number of nitrogens with one attached hydrogen (secondary N) is 1. The van der Waals surface area contributed by atoms with Gasteiger partial charge in [-0.05, 0) is 31.0 Å². The van der Waals surface area contributed by atoms with E-state index in [1.165, 1.54) is 11.3 Å². The second-order valence-electron chi connectivity index (χ2n) is 7.10. The molecule has 7 heteroatoms. The molecule has 0 saturated carbocycles. The van der Waals surface area contributed by atoms with Gasteiger partial charge in [0.1, 0.15) is 11.3 Å². The molecule has 1 unspecified atom stereocenters. The lowest BCUT2D eigenvalue weighted by molar-refractivity contribution is 0.0919. The van der Waals surface area contributed by atoms with Crippen LogP contribution in [-0.4, -0.2) is 42.2 Å². The first-order chi connectivity index (χ1) is 14.2. The van der Waals surface area contributed by atoms with Gasteiger partial charge in [-0.3, -0.25) is 9.69 Å². The number of ether oxygens (including phenoxy) is 2. The first-order valence-electron chi connectivity index (χ1n) is 9.67. The van der Waals surface area contributed by atoms with Gasteiger partial charge in [-0.1, -0.05) is 35.6 Å². The predicted octanol–water partition coefficient (Wildman–Crippen LogP) is 4.61. The summed E-state index contributed by atoms with van der Waals surface area (Å²) < 4.78 is 12.3. The normalized spacial score (nSPS) is 16.5. The minimum atomic E-state index is -0.0732. The lowest BCUT2D eigenvalue weighted by Crippen LogP contribution is -2.37. The number of thiazole rings is 1. The summed E-state index contributed by atoms with van der Waals surface area (Å²) >= 11 is 1.50. The Balaban J connectivity index is 1.58. The summed E-state index contributed by atoms with van der Waals surface area (Å²) in [7, 11) is 1.63. The fourth-order valence-corrected chi connectivity index (χ4v) is 4.82. The third-order valence-corrected chi connectivity index (χ3v) is 6.34. The molecule has 2 aromatic heterocycles. The number of fused-ring (bicyclic) bond motifs is 2. The van der Waals surface area contributed by atoms with Gasteiger partial charge in [0, 0.05) is 23.7 Å². The van der Waals surface area contributed by atoms with Crippen molar-refractivity contribution in [2.75, 3.05) is 25.2 Å². The molecule has 0 radical (unpaired) electrons. The Morgan fingerprint density at radius 2 is 2.21 bits per heavy atom. The Kier molecular flexibility index (Phi) is 4.69. The van der Waals surface area contributed by atoms with Crippen LogP contribution in [0.4, 0.5) is 5.13 Å². The maximum Gasteiger partial charge on any atom is 0.262 e. The maximum atomic E-state index is 13.6. The van der Waals surface area contributed by atoms with E-state index in [9.17, 15) is 4.79 Å². The van der Waals surface area contributed by atoms with Crippen LogP contribution in [0.1, 0.15) is 23.2 Å². The Hall–Kier alpha value is -2.90. The van der Waals surface area contributed by atoms with Crippen LogP contribution in [-0.2, 0) is 4.74 Å². The van der Waals surface area contributed by atoms with Gasteiger partial charge in [0.25, 0.3) is 5.91 Å². The summed E-state index contributed by atoms with van der Waals surface area (Å²) in [5.74, 6) is 0.637. The number of para-hydroxylation sites is 2. The van der Waals surface area contributed by atoms with E-state index in [1.54, 1.807) is 18.2 Å². The SMILES string of the molecule is COc1cccc2sc(N(CC3CCCO3)C(=O)c3c[nH]c4ccccc34)nc12. The van der Waals surface area contributed by atoms with Gasteiger partial charge in [0.05, 0.1) is 30.0 Å². The van der Waals surface area contributed by atoms with E-state index in [0.717, 1.165) is 40.6 Å². The number of nitrogens with zero attached hydrogens (tertiary/aromatic N) is 2. The molecular formula is C22H21N3O3S. The molecule has 3 heterocycles. The van der Waals surface area contributed by atoms with Gasteiger partial charge in [-0.15, -0.1) is 0 Å². The second-order valence-corrected chi connectivity index (χ2v) is 8.11. The second kappa shape index (κ2) is 7.50. The fourth-order valence-electron chi connectivity index (χ4n) is 3.83. The maximum absolute atomic E-state index is 13.6. The van der Waals surface area contributed by atoms with E-state index in [0.29, 0.717) is 23.0 Å². The van der Waals surface area contributed by atoms with Crippen molar-refractivity contribution in [1.29, 1.82) is 0 Å². The molecule has 6 nitrogen and oxygen atoms in total. The minimum absolute atomic E-state index is 0.0260. The average molecular weight is 407 g/mol. The fraction of sp³-hybridized carbons (Fsp3) is 0.273. The van der Waals surface area contributed by atoms with Crippen molar-refractivity contribution in [1.82, 2.24) is 9.97 Å². The van der Waals surface area contributed by atoms with Crippen molar-refractivity contribution in [3.63, 3.8) is 0 Å². The molecule has 2 aromatic carbocycles. The lowest BCUT2D eigenvalue weighted by atomic mass is 10.1. The molecule has 1 fully saturated rings. The Morgan fingerprint density at radius 1 is 1.31 bits per heavy atom. The zero-order valence-electron chi connectivity index (χ0n) is 16.1. The number of aromatic nitrogens is 2. The minimum Gasteiger partial charge on any atom is -0.494 e. The number of amides is 1. The van der Waals surface area contributed by atoms with E-state index < -0.39 is 0 Å². The largest absolute Gasteiger partial charge is 0.494 e. The summed E-state index contributed by atoms with van der Waals surface area (Å²) in [6, 6.07) is 13.7. The molecule has 1 atom stereocenters. The first kappa shape index (κ1) is 18.1. The van der Waals surface area contributed by atoms with Crippen LogP contribution in [0.5, 0.6) is 5.75 Å². The van der Waals surface area contributed by atoms with Crippen molar-refractivity contribution in [2.24, 2.45) is 0 Å². The average Bonchev–Trinajstić information content (AvgIpc) is 3.50. The third-order valence-electron chi connectivity index (χ3n) is 5.30. The van der Waals surface area contributed by atoms with Crippen molar-refractivity contribution in [3.8, 4) is 5.75 Å². The van der Waals surface area contributed by atoms with Gasteiger partial charge >= 0.3 is 0 Å². The number of aromatic amines is 1. The van der Waals surface area contributed by atoms with Crippen LogP contribution in [0.25, 0.3) is 21.1 Å². The van der Waals surface area contributed by atoms with Crippen LogP contribution in [0, 0.1) is 0 Å². The van der Waals surface area contributed by atoms with E-state index in [-0.39, 0.29) is 12.0 Å². The summed E-state index contributed by atoms with van der Waals surface area (Å²) in [5, 5.41) is 1.57. The monoisotopic (exact) mass is 407 g/mol. The number of carbonyl (C=O) groups excluding carboxylic acids is 1. The lowest BCUT2D eigenvalue weighted by Gasteiger charge is -2.22. The number of hydrogen-bond acceptors (Lipinski definition) is 5. The number of hydrogen-bond donors (Lipinski definition) is 1. The number of methoxy groups -OCH3 is 1. The van der Waals surface area contributed by atoms with Gasteiger partial charge in [-0.25, -0.2) is 4.98 Å². The van der Waals surface area contributed by atoms with E-state index >= 15 is 0 Å². The summed E-state index contributed by atoms with van der Waals surface area (Å²) in [6.07, 6.45) is 3.78. The molecule has 1 aliphatic rings. The van der Waals surface area contributed by atoms with Crippen molar-refractivity contribution in [3.05, 3.63) is 54.2 Å². The number of benzene rings is 2. The van der Waals surface area contributed by atoms with Crippen LogP contribution in [0.15, 0.2) is 48.7 Å². The third kappa shape index (κ3) is 3.26. The van der Waals surface area contributed by atoms with Crippen LogP contribution in [0.3, 0.4) is 0 Å². The van der Waals surface area contributed by atoms with Gasteiger partial charge in [-0.2, -0.15) is 0 Å². The highest BCUT2D eigenvalue weighted by atomic mass is 32.1. The smallest absolute Gasteiger partial charge is 0.262 e. The molecular weight excluding hydrogens is 386 g/mol. The summed E-state index contributed by atoms with van der Waals surface area (Å²) in [4.78, 5) is 23.4. The van der Waals surface area contributed by atoms with Crippen molar-refractivity contribution >= 4 is 43.5 Å². The quantitative estimate of drug-likeness (QED) is 0.525. The molecule has 1 saturated heterocycles. The zero-order chi connectivity index (χ0) is 19.8. The zero-order valence-corrected chi connectivity index (χ0v) is 16.9. The van der Waals surface area contributed by atoms with Crippen molar-refractivity contribution < 1.29 is 14.3 Å². The number of anilines is 1. The standard InChI is InChI=1S/C22H21N3O3S/c1-27-18-9-4-10-19-20(18)24-22(29-19)25(13-14-6-5-11-28-14)21(26)16-12-23-17-8-3-2-7-15(16)17/h2-4,7-10,12,14,23H,5-6,11,13H2,1H3. The van der Waals surface area contributed by atoms with Crippen LogP contribution < -0.4 is 9.64 Å². The molecule has 0 aliphatic carbocycles. The summed E-state index contributed by atoms with van der Waals surface area (Å²) in [6.45, 7) is 1.23.